The molecule has 27 heavy (non-hydrogen) atoms. The van der Waals surface area contributed by atoms with E-state index in [0.717, 1.165) is 10.1 Å². The fourth-order valence-corrected chi connectivity index (χ4v) is 3.45. The highest BCUT2D eigenvalue weighted by Gasteiger charge is 2.33. The molecule has 3 rings (SSSR count). The molecule has 1 saturated heterocycles. The van der Waals surface area contributed by atoms with Gasteiger partial charge in [0.2, 0.25) is 5.13 Å². The minimum absolute atomic E-state index is 0.0168. The van der Waals surface area contributed by atoms with Crippen molar-refractivity contribution < 1.29 is 29.8 Å². The molecule has 1 fully saturated rings. The highest BCUT2D eigenvalue weighted by atomic mass is 32.1. The third kappa shape index (κ3) is 4.30. The van der Waals surface area contributed by atoms with E-state index < -0.39 is 18.8 Å². The summed E-state index contributed by atoms with van der Waals surface area (Å²) in [6.45, 7) is 1.35. The third-order valence-electron chi connectivity index (χ3n) is 4.15. The number of aromatic hydroxyl groups is 1. The molecular formula is C15H19BN4O6S. The van der Waals surface area contributed by atoms with Gasteiger partial charge in [0.25, 0.3) is 0 Å². The summed E-state index contributed by atoms with van der Waals surface area (Å²) in [6, 6.07) is 3.00. The lowest BCUT2D eigenvalue weighted by molar-refractivity contribution is 0.0683. The molecule has 1 aliphatic rings. The summed E-state index contributed by atoms with van der Waals surface area (Å²) in [7, 11) is -1.53. The fourth-order valence-electron chi connectivity index (χ4n) is 2.71. The fraction of sp³-hybridized carbons (Fsp3) is 0.400. The first kappa shape index (κ1) is 19.4. The van der Waals surface area contributed by atoms with Crippen molar-refractivity contribution in [3.63, 3.8) is 0 Å². The molecule has 0 spiro atoms. The molecule has 6 N–H and O–H groups in total. The molecule has 0 radical (unpaired) electrons. The Kier molecular flexibility index (Phi) is 5.80. The van der Waals surface area contributed by atoms with Gasteiger partial charge in [0.1, 0.15) is 28.2 Å². The predicted octanol–water partition coefficient (Wildman–Crippen LogP) is -0.317. The van der Waals surface area contributed by atoms with Crippen molar-refractivity contribution >= 4 is 29.6 Å². The summed E-state index contributed by atoms with van der Waals surface area (Å²) < 4.78 is 5.74. The highest BCUT2D eigenvalue weighted by Crippen LogP contribution is 2.34. The number of aryl methyl sites for hydroxylation is 1. The zero-order chi connectivity index (χ0) is 19.6. The van der Waals surface area contributed by atoms with Crippen molar-refractivity contribution in [1.82, 2.24) is 10.2 Å². The molecule has 1 aromatic heterocycles. The number of ether oxygens (including phenoxy) is 1. The molecule has 2 aromatic rings. The zero-order valence-electron chi connectivity index (χ0n) is 14.3. The number of nitrogens with two attached hydrogens (primary N) is 1. The molecule has 144 valence electrons. The number of nitrogens with zero attached hydrogens (tertiary/aromatic N) is 3. The van der Waals surface area contributed by atoms with Crippen LogP contribution in [0.1, 0.15) is 20.9 Å². The van der Waals surface area contributed by atoms with E-state index in [0.29, 0.717) is 25.2 Å². The quantitative estimate of drug-likeness (QED) is 0.375. The Morgan fingerprint density at radius 2 is 2.11 bits per heavy atom. The third-order valence-corrected chi connectivity index (χ3v) is 5.16. The van der Waals surface area contributed by atoms with E-state index >= 15 is 0 Å². The molecule has 2 heterocycles. The van der Waals surface area contributed by atoms with E-state index in [1.807, 2.05) is 4.90 Å². The van der Waals surface area contributed by atoms with Crippen LogP contribution in [0, 0.1) is 0 Å². The smallest absolute Gasteiger partial charge is 0.451 e. The standard InChI is InChI=1S/C15H19BN4O6S/c17-5-11-18-19-15(27-11)20-6-9(7-20)26-10-2-1-8(3-4-16(24)25)13(21)12(10)14(22)23/h1-2,9,21,24-25H,3-7,17H2,(H,22,23). The van der Waals surface area contributed by atoms with Crippen LogP contribution in [0.3, 0.4) is 0 Å². The lowest BCUT2D eigenvalue weighted by Crippen LogP contribution is -2.54. The van der Waals surface area contributed by atoms with E-state index in [-0.39, 0.29) is 30.2 Å². The molecule has 0 unspecified atom stereocenters. The van der Waals surface area contributed by atoms with Gasteiger partial charge in [-0.1, -0.05) is 17.4 Å². The van der Waals surface area contributed by atoms with Gasteiger partial charge in [-0.25, -0.2) is 4.79 Å². The predicted molar refractivity (Wildman–Crippen MR) is 98.2 cm³/mol. The van der Waals surface area contributed by atoms with E-state index in [2.05, 4.69) is 10.2 Å². The Bertz CT molecular complexity index is 827. The highest BCUT2D eigenvalue weighted by molar-refractivity contribution is 7.15. The summed E-state index contributed by atoms with van der Waals surface area (Å²) in [5, 5.41) is 47.0. The molecule has 0 amide bonds. The number of carboxylic acids is 1. The Labute approximate surface area is 159 Å². The second-order valence-corrected chi connectivity index (χ2v) is 7.14. The van der Waals surface area contributed by atoms with Gasteiger partial charge in [0, 0.05) is 6.54 Å². The summed E-state index contributed by atoms with van der Waals surface area (Å²) in [4.78, 5) is 13.5. The van der Waals surface area contributed by atoms with E-state index in [4.69, 9.17) is 20.5 Å². The van der Waals surface area contributed by atoms with Crippen molar-refractivity contribution in [2.45, 2.75) is 25.4 Å². The Morgan fingerprint density at radius 3 is 2.70 bits per heavy atom. The molecular weight excluding hydrogens is 375 g/mol. The van der Waals surface area contributed by atoms with E-state index in [9.17, 15) is 15.0 Å². The second-order valence-electron chi connectivity index (χ2n) is 6.10. The maximum atomic E-state index is 11.6. The lowest BCUT2D eigenvalue weighted by Gasteiger charge is -2.38. The van der Waals surface area contributed by atoms with Crippen molar-refractivity contribution in [3.05, 3.63) is 28.3 Å². The van der Waals surface area contributed by atoms with Crippen molar-refractivity contribution in [2.24, 2.45) is 5.73 Å². The topological polar surface area (TPSA) is 162 Å². The van der Waals surface area contributed by atoms with Crippen LogP contribution in [0.15, 0.2) is 12.1 Å². The van der Waals surface area contributed by atoms with Gasteiger partial charge in [0.05, 0.1) is 13.1 Å². The Hall–Kier alpha value is -2.41. The molecule has 0 bridgehead atoms. The lowest BCUT2D eigenvalue weighted by atomic mass is 9.82. The number of benzene rings is 1. The van der Waals surface area contributed by atoms with Crippen LogP contribution in [-0.2, 0) is 13.0 Å². The van der Waals surface area contributed by atoms with Gasteiger partial charge >= 0.3 is 13.1 Å². The van der Waals surface area contributed by atoms with Crippen LogP contribution in [0.4, 0.5) is 5.13 Å². The molecule has 0 aliphatic carbocycles. The summed E-state index contributed by atoms with van der Waals surface area (Å²) in [5.74, 6) is -1.67. The van der Waals surface area contributed by atoms with E-state index in [1.54, 1.807) is 0 Å². The largest absolute Gasteiger partial charge is 0.507 e. The van der Waals surface area contributed by atoms with Crippen molar-refractivity contribution in [2.75, 3.05) is 18.0 Å². The number of hydrogen-bond donors (Lipinski definition) is 5. The van der Waals surface area contributed by atoms with Gasteiger partial charge in [-0.3, -0.25) is 0 Å². The number of carboxylic acid groups (broad SMARTS) is 1. The monoisotopic (exact) mass is 394 g/mol. The minimum atomic E-state index is -1.53. The van der Waals surface area contributed by atoms with Gasteiger partial charge in [-0.05, 0) is 24.4 Å². The average Bonchev–Trinajstić information content (AvgIpc) is 3.04. The number of phenols is 1. The van der Waals surface area contributed by atoms with Crippen LogP contribution in [0.25, 0.3) is 0 Å². The molecule has 1 aromatic carbocycles. The van der Waals surface area contributed by atoms with Crippen molar-refractivity contribution in [1.29, 1.82) is 0 Å². The van der Waals surface area contributed by atoms with Crippen molar-refractivity contribution in [3.8, 4) is 11.5 Å². The van der Waals surface area contributed by atoms with Gasteiger partial charge in [-0.15, -0.1) is 10.2 Å². The van der Waals surface area contributed by atoms with Gasteiger partial charge in [-0.2, -0.15) is 0 Å². The molecule has 0 atom stereocenters. The van der Waals surface area contributed by atoms with Crippen LogP contribution in [0.5, 0.6) is 11.5 Å². The van der Waals surface area contributed by atoms with Gasteiger partial charge < -0.3 is 35.6 Å². The first-order valence-corrected chi connectivity index (χ1v) is 9.09. The Balaban J connectivity index is 1.68. The number of hydrogen-bond acceptors (Lipinski definition) is 10. The molecule has 12 heteroatoms. The van der Waals surface area contributed by atoms with Crippen LogP contribution in [-0.4, -0.2) is 62.7 Å². The number of carbonyl (C=O) groups is 1. The summed E-state index contributed by atoms with van der Waals surface area (Å²) >= 11 is 1.39. The summed E-state index contributed by atoms with van der Waals surface area (Å²) in [6.07, 6.45) is -0.142. The average molecular weight is 394 g/mol. The second kappa shape index (κ2) is 8.09. The summed E-state index contributed by atoms with van der Waals surface area (Å²) in [5.41, 5.74) is 5.50. The first-order valence-electron chi connectivity index (χ1n) is 8.27. The number of anilines is 1. The van der Waals surface area contributed by atoms with Crippen LogP contribution >= 0.6 is 11.3 Å². The maximum absolute atomic E-state index is 11.6. The zero-order valence-corrected chi connectivity index (χ0v) is 15.1. The first-order chi connectivity index (χ1) is 12.9. The maximum Gasteiger partial charge on any atom is 0.451 e. The SMILES string of the molecule is NCc1nnc(N2CC(Oc3ccc(CCB(O)O)c(O)c3C(=O)O)C2)s1. The number of rotatable bonds is 8. The molecule has 0 saturated carbocycles. The van der Waals surface area contributed by atoms with Gasteiger partial charge in [0.15, 0.2) is 0 Å². The van der Waals surface area contributed by atoms with Crippen LogP contribution in [0.2, 0.25) is 6.32 Å². The van der Waals surface area contributed by atoms with Crippen LogP contribution < -0.4 is 15.4 Å². The number of aromatic carboxylic acids is 1. The molecule has 10 nitrogen and oxygen atoms in total. The number of aromatic nitrogens is 2. The minimum Gasteiger partial charge on any atom is -0.507 e. The normalized spacial score (nSPS) is 14.1. The van der Waals surface area contributed by atoms with E-state index in [1.165, 1.54) is 23.5 Å². The Morgan fingerprint density at radius 1 is 1.37 bits per heavy atom. The molecule has 1 aliphatic heterocycles.